The Morgan fingerprint density at radius 3 is 2.75 bits per heavy atom. The normalized spacial score (nSPS) is 14.2. The van der Waals surface area contributed by atoms with Gasteiger partial charge in [-0.1, -0.05) is 35.9 Å². The fourth-order valence-electron chi connectivity index (χ4n) is 3.71. The van der Waals surface area contributed by atoms with Crippen LogP contribution in [-0.2, 0) is 13.1 Å². The lowest BCUT2D eigenvalue weighted by molar-refractivity contribution is 0.202. The molecule has 1 aliphatic rings. The number of aryl methyl sites for hydroxylation is 2. The molecule has 4 rings (SSSR count). The lowest BCUT2D eigenvalue weighted by Gasteiger charge is -2.26. The molecule has 5 heteroatoms. The number of nitrogens with zero attached hydrogens (tertiary/aromatic N) is 3. The maximum atomic E-state index is 12.5. The molecule has 0 saturated carbocycles. The molecule has 2 aromatic heterocycles. The molecule has 0 unspecified atom stereocenters. The zero-order valence-electron chi connectivity index (χ0n) is 16.5. The zero-order valence-corrected chi connectivity index (χ0v) is 16.5. The highest BCUT2D eigenvalue weighted by atomic mass is 16.2. The first kappa shape index (κ1) is 18.3. The smallest absolute Gasteiger partial charge is 0.317 e. The van der Waals surface area contributed by atoms with Gasteiger partial charge in [-0.05, 0) is 43.5 Å². The molecule has 3 heterocycles. The largest absolute Gasteiger partial charge is 0.334 e. The number of pyridine rings is 1. The van der Waals surface area contributed by atoms with Gasteiger partial charge in [0.05, 0.1) is 0 Å². The van der Waals surface area contributed by atoms with Gasteiger partial charge in [-0.15, -0.1) is 0 Å². The lowest BCUT2D eigenvalue weighted by atomic mass is 10.00. The molecule has 1 aromatic carbocycles. The number of carbonyl (C=O) groups is 1. The minimum absolute atomic E-state index is 0.00599. The van der Waals surface area contributed by atoms with Crippen LogP contribution in [0.15, 0.2) is 54.9 Å². The Morgan fingerprint density at radius 2 is 2.04 bits per heavy atom. The molecule has 0 radical (unpaired) electrons. The number of aromatic nitrogens is 2. The van der Waals surface area contributed by atoms with Crippen LogP contribution in [0.5, 0.6) is 0 Å². The van der Waals surface area contributed by atoms with E-state index in [-0.39, 0.29) is 6.03 Å². The summed E-state index contributed by atoms with van der Waals surface area (Å²) in [6, 6.07) is 12.4. The van der Waals surface area contributed by atoms with Crippen molar-refractivity contribution in [2.45, 2.75) is 33.4 Å². The van der Waals surface area contributed by atoms with Crippen LogP contribution in [0.1, 0.15) is 30.0 Å². The quantitative estimate of drug-likeness (QED) is 0.737. The molecule has 0 fully saturated rings. The molecule has 1 N–H and O–H groups in total. The molecule has 0 atom stereocenters. The van der Waals surface area contributed by atoms with Crippen molar-refractivity contribution in [2.75, 3.05) is 13.1 Å². The second-order valence-electron chi connectivity index (χ2n) is 7.27. The first-order valence-corrected chi connectivity index (χ1v) is 9.87. The van der Waals surface area contributed by atoms with Crippen molar-refractivity contribution >= 4 is 22.6 Å². The fourth-order valence-corrected chi connectivity index (χ4v) is 3.71. The summed E-state index contributed by atoms with van der Waals surface area (Å²) in [5.41, 5.74) is 5.91. The van der Waals surface area contributed by atoms with Gasteiger partial charge in [-0.3, -0.25) is 0 Å². The van der Waals surface area contributed by atoms with E-state index in [1.807, 2.05) is 17.2 Å². The number of carbonyl (C=O) groups excluding carboxylic acids is 1. The van der Waals surface area contributed by atoms with Crippen LogP contribution >= 0.6 is 0 Å². The summed E-state index contributed by atoms with van der Waals surface area (Å²) in [7, 11) is 0. The molecule has 5 nitrogen and oxygen atoms in total. The van der Waals surface area contributed by atoms with Crippen molar-refractivity contribution in [3.63, 3.8) is 0 Å². The average Bonchev–Trinajstić information content (AvgIpc) is 3.12. The number of hydrogen-bond acceptors (Lipinski definition) is 2. The van der Waals surface area contributed by atoms with E-state index in [0.717, 1.165) is 30.7 Å². The molecule has 0 bridgehead atoms. The summed E-state index contributed by atoms with van der Waals surface area (Å²) in [5, 5.41) is 4.22. The molecule has 0 spiro atoms. The van der Waals surface area contributed by atoms with Crippen molar-refractivity contribution in [2.24, 2.45) is 0 Å². The SMILES string of the molecule is CCn1cc(C2=CCN(C(=O)NCc3ccc(C)cc3)CC2)c2cccnc21. The third-order valence-electron chi connectivity index (χ3n) is 5.38. The monoisotopic (exact) mass is 374 g/mol. The van der Waals surface area contributed by atoms with E-state index in [9.17, 15) is 4.79 Å². The Balaban J connectivity index is 1.43. The van der Waals surface area contributed by atoms with Gasteiger partial charge >= 0.3 is 6.03 Å². The molecular formula is C23H26N4O. The number of amides is 2. The van der Waals surface area contributed by atoms with Gasteiger partial charge in [0.25, 0.3) is 0 Å². The number of fused-ring (bicyclic) bond motifs is 1. The molecule has 144 valence electrons. The molecular weight excluding hydrogens is 348 g/mol. The highest BCUT2D eigenvalue weighted by Gasteiger charge is 2.20. The van der Waals surface area contributed by atoms with E-state index < -0.39 is 0 Å². The minimum atomic E-state index is -0.00599. The first-order chi connectivity index (χ1) is 13.7. The first-order valence-electron chi connectivity index (χ1n) is 9.87. The maximum Gasteiger partial charge on any atom is 0.317 e. The van der Waals surface area contributed by atoms with Gasteiger partial charge in [-0.2, -0.15) is 0 Å². The molecule has 1 aliphatic heterocycles. The lowest BCUT2D eigenvalue weighted by Crippen LogP contribution is -2.41. The molecule has 0 saturated heterocycles. The third-order valence-corrected chi connectivity index (χ3v) is 5.38. The second-order valence-corrected chi connectivity index (χ2v) is 7.27. The Morgan fingerprint density at radius 1 is 1.21 bits per heavy atom. The summed E-state index contributed by atoms with van der Waals surface area (Å²) in [4.78, 5) is 18.9. The van der Waals surface area contributed by atoms with Crippen LogP contribution in [0, 0.1) is 6.92 Å². The number of benzene rings is 1. The topological polar surface area (TPSA) is 50.2 Å². The molecule has 2 amide bonds. The van der Waals surface area contributed by atoms with E-state index in [1.165, 1.54) is 22.1 Å². The van der Waals surface area contributed by atoms with E-state index in [2.05, 4.69) is 71.3 Å². The molecule has 3 aromatic rings. The Hall–Kier alpha value is -3.08. The van der Waals surface area contributed by atoms with Crippen molar-refractivity contribution in [3.05, 3.63) is 71.6 Å². The maximum absolute atomic E-state index is 12.5. The fraction of sp³-hybridized carbons (Fsp3) is 0.304. The van der Waals surface area contributed by atoms with Gasteiger partial charge in [-0.25, -0.2) is 9.78 Å². The van der Waals surface area contributed by atoms with Crippen molar-refractivity contribution in [1.82, 2.24) is 19.8 Å². The summed E-state index contributed by atoms with van der Waals surface area (Å²) >= 11 is 0. The van der Waals surface area contributed by atoms with Crippen LogP contribution in [0.25, 0.3) is 16.6 Å². The molecule has 0 aliphatic carbocycles. The predicted octanol–water partition coefficient (Wildman–Crippen LogP) is 4.36. The third kappa shape index (κ3) is 3.65. The minimum Gasteiger partial charge on any atom is -0.334 e. The van der Waals surface area contributed by atoms with Gasteiger partial charge in [0, 0.05) is 49.5 Å². The number of nitrogens with one attached hydrogen (secondary N) is 1. The summed E-state index contributed by atoms with van der Waals surface area (Å²) in [6.45, 7) is 7.01. The van der Waals surface area contributed by atoms with Gasteiger partial charge in [0.2, 0.25) is 0 Å². The summed E-state index contributed by atoms with van der Waals surface area (Å²) in [6.07, 6.45) is 7.07. The summed E-state index contributed by atoms with van der Waals surface area (Å²) in [5.74, 6) is 0. The number of rotatable bonds is 4. The highest BCUT2D eigenvalue weighted by Crippen LogP contribution is 2.30. The highest BCUT2D eigenvalue weighted by molar-refractivity contribution is 5.91. The van der Waals surface area contributed by atoms with E-state index >= 15 is 0 Å². The van der Waals surface area contributed by atoms with Crippen molar-refractivity contribution in [3.8, 4) is 0 Å². The Bertz CT molecular complexity index is 1020. The van der Waals surface area contributed by atoms with Crippen LogP contribution in [-0.4, -0.2) is 33.6 Å². The van der Waals surface area contributed by atoms with Crippen LogP contribution in [0.2, 0.25) is 0 Å². The van der Waals surface area contributed by atoms with Gasteiger partial charge in [0.15, 0.2) is 0 Å². The van der Waals surface area contributed by atoms with Crippen molar-refractivity contribution in [1.29, 1.82) is 0 Å². The van der Waals surface area contributed by atoms with Crippen molar-refractivity contribution < 1.29 is 4.79 Å². The second kappa shape index (κ2) is 7.89. The number of urea groups is 1. The van der Waals surface area contributed by atoms with Gasteiger partial charge in [0.1, 0.15) is 5.65 Å². The average molecular weight is 374 g/mol. The van der Waals surface area contributed by atoms with Crippen LogP contribution in [0.3, 0.4) is 0 Å². The van der Waals surface area contributed by atoms with E-state index in [0.29, 0.717) is 13.1 Å². The van der Waals surface area contributed by atoms with Gasteiger partial charge < -0.3 is 14.8 Å². The van der Waals surface area contributed by atoms with Crippen LogP contribution in [0.4, 0.5) is 4.79 Å². The Kier molecular flexibility index (Phi) is 5.15. The molecule has 28 heavy (non-hydrogen) atoms. The summed E-state index contributed by atoms with van der Waals surface area (Å²) < 4.78 is 2.19. The van der Waals surface area contributed by atoms with Crippen LogP contribution < -0.4 is 5.32 Å². The van der Waals surface area contributed by atoms with E-state index in [4.69, 9.17) is 0 Å². The predicted molar refractivity (Wildman–Crippen MR) is 113 cm³/mol. The van der Waals surface area contributed by atoms with E-state index in [1.54, 1.807) is 0 Å². The Labute approximate surface area is 165 Å². The standard InChI is InChI=1S/C23H26N4O/c1-3-26-16-21(20-5-4-12-24-22(20)26)19-10-13-27(14-11-19)23(28)25-15-18-8-6-17(2)7-9-18/h4-10,12,16H,3,11,13-15H2,1-2H3,(H,25,28). The zero-order chi connectivity index (χ0) is 19.5. The number of hydrogen-bond donors (Lipinski definition) is 1.